The van der Waals surface area contributed by atoms with E-state index in [-0.39, 0.29) is 16.9 Å². The molecule has 0 aromatic heterocycles. The second kappa shape index (κ2) is 9.25. The van der Waals surface area contributed by atoms with Crippen molar-refractivity contribution in [3.63, 3.8) is 0 Å². The number of rotatable bonds is 4. The van der Waals surface area contributed by atoms with Crippen LogP contribution in [0.2, 0.25) is 0 Å². The number of halogens is 1. The molecule has 7 heteroatoms. The monoisotopic (exact) mass is 453 g/mol. The Hall–Kier alpha value is -3.03. The minimum Gasteiger partial charge on any atom is -0.332 e. The first kappa shape index (κ1) is 19.7. The molecule has 0 aliphatic rings. The predicted molar refractivity (Wildman–Crippen MR) is 119 cm³/mol. The van der Waals surface area contributed by atoms with E-state index in [0.29, 0.717) is 22.5 Å². The Bertz CT molecular complexity index is 1010. The highest BCUT2D eigenvalue weighted by atomic mass is 79.9. The molecule has 0 heterocycles. The Morgan fingerprint density at radius 1 is 0.714 bits per heavy atom. The lowest BCUT2D eigenvalue weighted by molar-refractivity contribution is 0.0976. The number of carbonyl (C=O) groups excluding carboxylic acids is 2. The first-order chi connectivity index (χ1) is 13.5. The van der Waals surface area contributed by atoms with E-state index < -0.39 is 0 Å². The number of nitrogens with one attached hydrogen (secondary N) is 3. The summed E-state index contributed by atoms with van der Waals surface area (Å²) in [4.78, 5) is 24.6. The number of amides is 2. The quantitative estimate of drug-likeness (QED) is 0.494. The first-order valence-corrected chi connectivity index (χ1v) is 9.56. The summed E-state index contributed by atoms with van der Waals surface area (Å²) < 4.78 is 0.885. The van der Waals surface area contributed by atoms with Crippen molar-refractivity contribution in [3.8, 4) is 0 Å². The number of hydrogen-bond acceptors (Lipinski definition) is 3. The van der Waals surface area contributed by atoms with E-state index >= 15 is 0 Å². The van der Waals surface area contributed by atoms with Crippen LogP contribution in [0.4, 0.5) is 11.4 Å². The molecule has 28 heavy (non-hydrogen) atoms. The van der Waals surface area contributed by atoms with Crippen LogP contribution in [0.3, 0.4) is 0 Å². The highest BCUT2D eigenvalue weighted by Gasteiger charge is 2.10. The Morgan fingerprint density at radius 3 is 2.11 bits per heavy atom. The number of benzene rings is 3. The van der Waals surface area contributed by atoms with Crippen LogP contribution in [0.15, 0.2) is 83.3 Å². The van der Waals surface area contributed by atoms with E-state index in [0.717, 1.165) is 4.47 Å². The van der Waals surface area contributed by atoms with Gasteiger partial charge >= 0.3 is 0 Å². The zero-order chi connectivity index (χ0) is 19.9. The third kappa shape index (κ3) is 5.48. The number of carbonyl (C=O) groups is 2. The molecular formula is C21H16BrN3O2S. The van der Waals surface area contributed by atoms with Gasteiger partial charge in [-0.3, -0.25) is 14.9 Å². The molecule has 5 nitrogen and oxygen atoms in total. The van der Waals surface area contributed by atoms with Gasteiger partial charge in [-0.2, -0.15) is 0 Å². The summed E-state index contributed by atoms with van der Waals surface area (Å²) in [6.45, 7) is 0. The van der Waals surface area contributed by atoms with Crippen molar-refractivity contribution in [2.24, 2.45) is 0 Å². The van der Waals surface area contributed by atoms with Crippen LogP contribution in [0.5, 0.6) is 0 Å². The average Bonchev–Trinajstić information content (AvgIpc) is 2.69. The molecular weight excluding hydrogens is 438 g/mol. The summed E-state index contributed by atoms with van der Waals surface area (Å²) in [5, 5.41) is 8.51. The SMILES string of the molecule is O=C(NC(=S)Nc1cccc(C(=O)Nc2ccccc2)c1)c1ccc(Br)cc1. The van der Waals surface area contributed by atoms with Crippen molar-refractivity contribution in [1.82, 2.24) is 5.32 Å². The summed E-state index contributed by atoms with van der Waals surface area (Å²) in [6, 6.07) is 23.0. The van der Waals surface area contributed by atoms with Gasteiger partial charge in [0.15, 0.2) is 5.11 Å². The van der Waals surface area contributed by atoms with Crippen LogP contribution in [-0.2, 0) is 0 Å². The third-order valence-electron chi connectivity index (χ3n) is 3.75. The maximum atomic E-state index is 12.4. The minimum atomic E-state index is -0.317. The van der Waals surface area contributed by atoms with Crippen LogP contribution >= 0.6 is 28.1 Å². The van der Waals surface area contributed by atoms with E-state index in [2.05, 4.69) is 31.9 Å². The second-order valence-corrected chi connectivity index (χ2v) is 7.14. The summed E-state index contributed by atoms with van der Waals surface area (Å²) in [6.07, 6.45) is 0. The van der Waals surface area contributed by atoms with E-state index in [4.69, 9.17) is 12.2 Å². The molecule has 0 spiro atoms. The fourth-order valence-electron chi connectivity index (χ4n) is 2.40. The zero-order valence-electron chi connectivity index (χ0n) is 14.6. The highest BCUT2D eigenvalue weighted by molar-refractivity contribution is 9.10. The second-order valence-electron chi connectivity index (χ2n) is 5.82. The lowest BCUT2D eigenvalue weighted by Crippen LogP contribution is -2.34. The molecule has 0 bridgehead atoms. The van der Waals surface area contributed by atoms with E-state index in [1.807, 2.05) is 30.3 Å². The predicted octanol–water partition coefficient (Wildman–Crippen LogP) is 4.83. The highest BCUT2D eigenvalue weighted by Crippen LogP contribution is 2.14. The van der Waals surface area contributed by atoms with Gasteiger partial charge < -0.3 is 10.6 Å². The normalized spacial score (nSPS) is 10.0. The van der Waals surface area contributed by atoms with Gasteiger partial charge in [-0.1, -0.05) is 40.2 Å². The lowest BCUT2D eigenvalue weighted by Gasteiger charge is -2.11. The fraction of sp³-hybridized carbons (Fsp3) is 0. The topological polar surface area (TPSA) is 70.2 Å². The van der Waals surface area contributed by atoms with Gasteiger partial charge in [0.2, 0.25) is 0 Å². The standard InChI is InChI=1S/C21H16BrN3O2S/c22-16-11-9-14(10-12-16)19(26)25-21(28)24-18-8-4-5-15(13-18)20(27)23-17-6-2-1-3-7-17/h1-13H,(H,23,27)(H2,24,25,26,28). The maximum absolute atomic E-state index is 12.4. The van der Waals surface area contributed by atoms with Crippen molar-refractivity contribution in [3.05, 3.63) is 94.5 Å². The summed E-state index contributed by atoms with van der Waals surface area (Å²) in [5.41, 5.74) is 2.27. The smallest absolute Gasteiger partial charge is 0.257 e. The molecule has 0 saturated heterocycles. The lowest BCUT2D eigenvalue weighted by atomic mass is 10.2. The van der Waals surface area contributed by atoms with Crippen molar-refractivity contribution in [2.75, 3.05) is 10.6 Å². The molecule has 3 aromatic carbocycles. The molecule has 0 saturated carbocycles. The Morgan fingerprint density at radius 2 is 1.39 bits per heavy atom. The molecule has 3 aromatic rings. The van der Waals surface area contributed by atoms with Crippen LogP contribution in [-0.4, -0.2) is 16.9 Å². The van der Waals surface area contributed by atoms with Gasteiger partial charge in [-0.15, -0.1) is 0 Å². The van der Waals surface area contributed by atoms with Gasteiger partial charge in [-0.25, -0.2) is 0 Å². The molecule has 0 aliphatic heterocycles. The molecule has 3 rings (SSSR count). The number of para-hydroxylation sites is 1. The molecule has 3 N–H and O–H groups in total. The molecule has 0 radical (unpaired) electrons. The van der Waals surface area contributed by atoms with E-state index in [1.165, 1.54) is 0 Å². The van der Waals surface area contributed by atoms with Crippen molar-refractivity contribution >= 4 is 56.4 Å². The summed E-state index contributed by atoms with van der Waals surface area (Å²) >= 11 is 8.53. The van der Waals surface area contributed by atoms with Crippen molar-refractivity contribution in [2.45, 2.75) is 0 Å². The van der Waals surface area contributed by atoms with Crippen LogP contribution in [0.1, 0.15) is 20.7 Å². The molecule has 0 aliphatic carbocycles. The summed E-state index contributed by atoms with van der Waals surface area (Å²) in [5.74, 6) is -0.553. The average molecular weight is 454 g/mol. The molecule has 140 valence electrons. The molecule has 0 fully saturated rings. The molecule has 0 unspecified atom stereocenters. The number of hydrogen-bond donors (Lipinski definition) is 3. The van der Waals surface area contributed by atoms with Crippen LogP contribution < -0.4 is 16.0 Å². The fourth-order valence-corrected chi connectivity index (χ4v) is 2.88. The number of anilines is 2. The largest absolute Gasteiger partial charge is 0.332 e. The van der Waals surface area contributed by atoms with Crippen molar-refractivity contribution < 1.29 is 9.59 Å². The van der Waals surface area contributed by atoms with Gasteiger partial charge in [-0.05, 0) is 66.8 Å². The van der Waals surface area contributed by atoms with E-state index in [9.17, 15) is 9.59 Å². The Kier molecular flexibility index (Phi) is 6.52. The first-order valence-electron chi connectivity index (χ1n) is 8.35. The minimum absolute atomic E-state index is 0.147. The van der Waals surface area contributed by atoms with Gasteiger partial charge in [0, 0.05) is 27.0 Å². The van der Waals surface area contributed by atoms with E-state index in [1.54, 1.807) is 48.5 Å². The molecule has 2 amide bonds. The van der Waals surface area contributed by atoms with Crippen LogP contribution in [0.25, 0.3) is 0 Å². The third-order valence-corrected chi connectivity index (χ3v) is 4.48. The summed E-state index contributed by atoms with van der Waals surface area (Å²) in [7, 11) is 0. The Labute approximate surface area is 176 Å². The van der Waals surface area contributed by atoms with Crippen molar-refractivity contribution in [1.29, 1.82) is 0 Å². The van der Waals surface area contributed by atoms with Gasteiger partial charge in [0.1, 0.15) is 0 Å². The van der Waals surface area contributed by atoms with Gasteiger partial charge in [0.25, 0.3) is 11.8 Å². The number of thiocarbonyl (C=S) groups is 1. The maximum Gasteiger partial charge on any atom is 0.257 e. The Balaban J connectivity index is 1.62. The molecule has 0 atom stereocenters. The van der Waals surface area contributed by atoms with Gasteiger partial charge in [0.05, 0.1) is 0 Å². The zero-order valence-corrected chi connectivity index (χ0v) is 17.0. The van der Waals surface area contributed by atoms with Crippen LogP contribution in [0, 0.1) is 0 Å².